The standard InChI is InChI=1S/C12H11N3O/c1-8-13-12(14-16-8)10-7-15(2)11-6-4-3-5-9(10)11/h3-7H,1-2H3. The number of aromatic nitrogens is 3. The summed E-state index contributed by atoms with van der Waals surface area (Å²) in [6, 6.07) is 8.18. The van der Waals surface area contributed by atoms with Gasteiger partial charge in [0.25, 0.3) is 0 Å². The molecule has 4 heteroatoms. The van der Waals surface area contributed by atoms with E-state index in [9.17, 15) is 0 Å². The summed E-state index contributed by atoms with van der Waals surface area (Å²) >= 11 is 0. The van der Waals surface area contributed by atoms with Crippen molar-refractivity contribution < 1.29 is 4.52 Å². The van der Waals surface area contributed by atoms with Gasteiger partial charge in [0, 0.05) is 36.6 Å². The van der Waals surface area contributed by atoms with Gasteiger partial charge in [0.2, 0.25) is 11.7 Å². The number of para-hydroxylation sites is 1. The van der Waals surface area contributed by atoms with Crippen molar-refractivity contribution >= 4 is 10.9 Å². The summed E-state index contributed by atoms with van der Waals surface area (Å²) in [5.41, 5.74) is 2.18. The third-order valence-electron chi connectivity index (χ3n) is 2.67. The van der Waals surface area contributed by atoms with Crippen LogP contribution in [-0.2, 0) is 7.05 Å². The smallest absolute Gasteiger partial charge is 0.223 e. The zero-order valence-electron chi connectivity index (χ0n) is 9.14. The third-order valence-corrected chi connectivity index (χ3v) is 2.67. The van der Waals surface area contributed by atoms with Gasteiger partial charge in [-0.2, -0.15) is 4.98 Å². The Morgan fingerprint density at radius 1 is 1.25 bits per heavy atom. The second-order valence-corrected chi connectivity index (χ2v) is 3.81. The van der Waals surface area contributed by atoms with Gasteiger partial charge >= 0.3 is 0 Å². The minimum Gasteiger partial charge on any atom is -0.350 e. The molecule has 0 atom stereocenters. The summed E-state index contributed by atoms with van der Waals surface area (Å²) in [6.45, 7) is 1.79. The summed E-state index contributed by atoms with van der Waals surface area (Å²) in [5.74, 6) is 1.23. The monoisotopic (exact) mass is 213 g/mol. The first-order valence-corrected chi connectivity index (χ1v) is 5.10. The molecule has 0 aliphatic heterocycles. The van der Waals surface area contributed by atoms with Crippen LogP contribution in [0.25, 0.3) is 22.3 Å². The van der Waals surface area contributed by atoms with E-state index in [0.29, 0.717) is 11.7 Å². The van der Waals surface area contributed by atoms with Crippen LogP contribution in [0.2, 0.25) is 0 Å². The van der Waals surface area contributed by atoms with Crippen molar-refractivity contribution in [2.75, 3.05) is 0 Å². The Bertz CT molecular complexity index is 651. The fourth-order valence-electron chi connectivity index (χ4n) is 1.93. The number of hydrogen-bond acceptors (Lipinski definition) is 3. The summed E-state index contributed by atoms with van der Waals surface area (Å²) < 4.78 is 7.07. The van der Waals surface area contributed by atoms with Crippen molar-refractivity contribution in [2.45, 2.75) is 6.92 Å². The van der Waals surface area contributed by atoms with Crippen molar-refractivity contribution in [3.63, 3.8) is 0 Å². The predicted octanol–water partition coefficient (Wildman–Crippen LogP) is 2.54. The van der Waals surface area contributed by atoms with Crippen molar-refractivity contribution in [1.29, 1.82) is 0 Å². The molecule has 1 aromatic carbocycles. The van der Waals surface area contributed by atoms with Crippen molar-refractivity contribution in [3.8, 4) is 11.4 Å². The largest absolute Gasteiger partial charge is 0.350 e. The van der Waals surface area contributed by atoms with Gasteiger partial charge < -0.3 is 9.09 Å². The molecule has 3 aromatic rings. The molecule has 0 spiro atoms. The van der Waals surface area contributed by atoms with Gasteiger partial charge in [-0.15, -0.1) is 0 Å². The minimum atomic E-state index is 0.586. The van der Waals surface area contributed by atoms with Gasteiger partial charge in [-0.05, 0) is 6.07 Å². The molecule has 16 heavy (non-hydrogen) atoms. The Balaban J connectivity index is 2.32. The van der Waals surface area contributed by atoms with Gasteiger partial charge in [-0.25, -0.2) is 0 Å². The Morgan fingerprint density at radius 2 is 2.06 bits per heavy atom. The lowest BCUT2D eigenvalue weighted by molar-refractivity contribution is 0.394. The molecule has 0 saturated carbocycles. The van der Waals surface area contributed by atoms with Gasteiger partial charge in [0.1, 0.15) is 0 Å². The van der Waals surface area contributed by atoms with E-state index in [4.69, 9.17) is 4.52 Å². The van der Waals surface area contributed by atoms with Crippen LogP contribution in [0.4, 0.5) is 0 Å². The molecular formula is C12H11N3O. The van der Waals surface area contributed by atoms with E-state index in [2.05, 4.69) is 26.8 Å². The molecule has 4 nitrogen and oxygen atoms in total. The number of rotatable bonds is 1. The highest BCUT2D eigenvalue weighted by molar-refractivity contribution is 5.94. The van der Waals surface area contributed by atoms with Crippen LogP contribution < -0.4 is 0 Å². The number of fused-ring (bicyclic) bond motifs is 1. The lowest BCUT2D eigenvalue weighted by atomic mass is 10.2. The Morgan fingerprint density at radius 3 is 2.81 bits per heavy atom. The van der Waals surface area contributed by atoms with Crippen LogP contribution in [0, 0.1) is 6.92 Å². The van der Waals surface area contributed by atoms with E-state index in [-0.39, 0.29) is 0 Å². The molecule has 0 aliphatic rings. The van der Waals surface area contributed by atoms with Crippen LogP contribution >= 0.6 is 0 Å². The van der Waals surface area contributed by atoms with Crippen LogP contribution in [-0.4, -0.2) is 14.7 Å². The Hall–Kier alpha value is -2.10. The van der Waals surface area contributed by atoms with E-state index in [1.807, 2.05) is 25.4 Å². The van der Waals surface area contributed by atoms with Crippen LogP contribution in [0.3, 0.4) is 0 Å². The summed E-state index contributed by atoms with van der Waals surface area (Å²) in [7, 11) is 2.01. The van der Waals surface area contributed by atoms with E-state index in [1.165, 1.54) is 5.52 Å². The molecule has 0 aliphatic carbocycles. The average molecular weight is 213 g/mol. The topological polar surface area (TPSA) is 43.9 Å². The highest BCUT2D eigenvalue weighted by Gasteiger charge is 2.12. The van der Waals surface area contributed by atoms with Crippen LogP contribution in [0.1, 0.15) is 5.89 Å². The SMILES string of the molecule is Cc1nc(-c2cn(C)c3ccccc23)no1. The molecule has 2 heterocycles. The molecule has 80 valence electrons. The Kier molecular flexibility index (Phi) is 1.83. The second kappa shape index (κ2) is 3.20. The van der Waals surface area contributed by atoms with Crippen LogP contribution in [0.15, 0.2) is 35.0 Å². The lowest BCUT2D eigenvalue weighted by Gasteiger charge is -1.93. The number of benzene rings is 1. The number of hydrogen-bond donors (Lipinski definition) is 0. The van der Waals surface area contributed by atoms with E-state index in [1.54, 1.807) is 6.92 Å². The first-order chi connectivity index (χ1) is 7.75. The normalized spacial score (nSPS) is 11.1. The second-order valence-electron chi connectivity index (χ2n) is 3.81. The van der Waals surface area contributed by atoms with Crippen molar-refractivity contribution in [1.82, 2.24) is 14.7 Å². The van der Waals surface area contributed by atoms with Gasteiger partial charge in [-0.3, -0.25) is 0 Å². The molecule has 0 radical (unpaired) electrons. The summed E-state index contributed by atoms with van der Waals surface area (Å²) in [5, 5.41) is 5.09. The maximum absolute atomic E-state index is 5.01. The number of aryl methyl sites for hydroxylation is 2. The van der Waals surface area contributed by atoms with Gasteiger partial charge in [-0.1, -0.05) is 23.4 Å². The van der Waals surface area contributed by atoms with Crippen molar-refractivity contribution in [2.24, 2.45) is 7.05 Å². The van der Waals surface area contributed by atoms with Crippen LogP contribution in [0.5, 0.6) is 0 Å². The zero-order valence-corrected chi connectivity index (χ0v) is 9.14. The fourth-order valence-corrected chi connectivity index (χ4v) is 1.93. The first-order valence-electron chi connectivity index (χ1n) is 5.10. The first kappa shape index (κ1) is 9.15. The predicted molar refractivity (Wildman–Crippen MR) is 60.9 cm³/mol. The summed E-state index contributed by atoms with van der Waals surface area (Å²) in [4.78, 5) is 4.25. The van der Waals surface area contributed by atoms with E-state index in [0.717, 1.165) is 10.9 Å². The zero-order chi connectivity index (χ0) is 11.1. The molecule has 0 fully saturated rings. The molecular weight excluding hydrogens is 202 g/mol. The maximum Gasteiger partial charge on any atom is 0.223 e. The Labute approximate surface area is 92.5 Å². The number of nitrogens with zero attached hydrogens (tertiary/aromatic N) is 3. The van der Waals surface area contributed by atoms with Crippen molar-refractivity contribution in [3.05, 3.63) is 36.4 Å². The van der Waals surface area contributed by atoms with E-state index < -0.39 is 0 Å². The quantitative estimate of drug-likeness (QED) is 0.624. The summed E-state index contributed by atoms with van der Waals surface area (Å²) in [6.07, 6.45) is 2.02. The lowest BCUT2D eigenvalue weighted by Crippen LogP contribution is -1.82. The molecule has 2 aromatic heterocycles. The average Bonchev–Trinajstić information content (AvgIpc) is 2.84. The van der Waals surface area contributed by atoms with Gasteiger partial charge in [0.15, 0.2) is 0 Å². The molecule has 0 amide bonds. The molecule has 0 unspecified atom stereocenters. The molecule has 0 saturated heterocycles. The highest BCUT2D eigenvalue weighted by atomic mass is 16.5. The molecule has 3 rings (SSSR count). The molecule has 0 bridgehead atoms. The maximum atomic E-state index is 5.01. The molecule has 0 N–H and O–H groups in total. The minimum absolute atomic E-state index is 0.586. The highest BCUT2D eigenvalue weighted by Crippen LogP contribution is 2.27. The van der Waals surface area contributed by atoms with Gasteiger partial charge in [0.05, 0.1) is 0 Å². The fraction of sp³-hybridized carbons (Fsp3) is 0.167. The third kappa shape index (κ3) is 1.23. The van der Waals surface area contributed by atoms with E-state index >= 15 is 0 Å².